The number of hydrogen-bond acceptors (Lipinski definition) is 2. The SMILES string of the molecule is CCN(c1ccc(C)cc1)C1CCC(NC)CC1. The van der Waals surface area contributed by atoms with Gasteiger partial charge in [-0.15, -0.1) is 0 Å². The van der Waals surface area contributed by atoms with Crippen LogP contribution in [0.5, 0.6) is 0 Å². The van der Waals surface area contributed by atoms with Gasteiger partial charge in [0, 0.05) is 24.3 Å². The topological polar surface area (TPSA) is 15.3 Å². The predicted octanol–water partition coefficient (Wildman–Crippen LogP) is 3.35. The largest absolute Gasteiger partial charge is 0.369 e. The molecule has 2 rings (SSSR count). The first-order chi connectivity index (χ1) is 8.74. The molecule has 0 atom stereocenters. The van der Waals surface area contributed by atoms with Gasteiger partial charge in [0.1, 0.15) is 0 Å². The quantitative estimate of drug-likeness (QED) is 0.876. The molecule has 100 valence electrons. The summed E-state index contributed by atoms with van der Waals surface area (Å²) in [6.07, 6.45) is 5.24. The molecule has 0 heterocycles. The molecular weight excluding hydrogens is 220 g/mol. The maximum Gasteiger partial charge on any atom is 0.0368 e. The number of nitrogens with one attached hydrogen (secondary N) is 1. The lowest BCUT2D eigenvalue weighted by Crippen LogP contribution is -2.41. The van der Waals surface area contributed by atoms with Gasteiger partial charge >= 0.3 is 0 Å². The molecule has 1 aromatic rings. The first-order valence-corrected chi connectivity index (χ1v) is 7.25. The fourth-order valence-corrected chi connectivity index (χ4v) is 3.06. The highest BCUT2D eigenvalue weighted by atomic mass is 15.2. The summed E-state index contributed by atoms with van der Waals surface area (Å²) in [5.74, 6) is 0. The van der Waals surface area contributed by atoms with Gasteiger partial charge in [-0.2, -0.15) is 0 Å². The molecule has 0 unspecified atom stereocenters. The summed E-state index contributed by atoms with van der Waals surface area (Å²) in [5, 5.41) is 3.41. The van der Waals surface area contributed by atoms with Gasteiger partial charge in [0.2, 0.25) is 0 Å². The van der Waals surface area contributed by atoms with Gasteiger partial charge in [-0.05, 0) is 58.7 Å². The Balaban J connectivity index is 2.03. The maximum absolute atomic E-state index is 3.41. The Kier molecular flexibility index (Phi) is 4.65. The van der Waals surface area contributed by atoms with E-state index in [2.05, 4.69) is 55.4 Å². The van der Waals surface area contributed by atoms with E-state index < -0.39 is 0 Å². The summed E-state index contributed by atoms with van der Waals surface area (Å²) in [6.45, 7) is 5.53. The lowest BCUT2D eigenvalue weighted by molar-refractivity contribution is 0.346. The van der Waals surface area contributed by atoms with Crippen molar-refractivity contribution in [1.29, 1.82) is 0 Å². The van der Waals surface area contributed by atoms with E-state index in [-0.39, 0.29) is 0 Å². The summed E-state index contributed by atoms with van der Waals surface area (Å²) < 4.78 is 0. The van der Waals surface area contributed by atoms with Gasteiger partial charge in [0.25, 0.3) is 0 Å². The van der Waals surface area contributed by atoms with Crippen LogP contribution in [0, 0.1) is 6.92 Å². The van der Waals surface area contributed by atoms with E-state index in [1.807, 2.05) is 0 Å². The number of benzene rings is 1. The molecule has 0 amide bonds. The molecule has 0 radical (unpaired) electrons. The van der Waals surface area contributed by atoms with Crippen molar-refractivity contribution in [1.82, 2.24) is 5.32 Å². The van der Waals surface area contributed by atoms with Crippen molar-refractivity contribution in [3.05, 3.63) is 29.8 Å². The minimum absolute atomic E-state index is 0.724. The van der Waals surface area contributed by atoms with Gasteiger partial charge in [0.15, 0.2) is 0 Å². The zero-order valence-corrected chi connectivity index (χ0v) is 11.9. The molecule has 0 aliphatic heterocycles. The van der Waals surface area contributed by atoms with Crippen LogP contribution >= 0.6 is 0 Å². The lowest BCUT2D eigenvalue weighted by atomic mass is 9.90. The maximum atomic E-state index is 3.41. The highest BCUT2D eigenvalue weighted by Crippen LogP contribution is 2.27. The number of anilines is 1. The second-order valence-corrected chi connectivity index (χ2v) is 5.42. The van der Waals surface area contributed by atoms with E-state index in [4.69, 9.17) is 0 Å². The average Bonchev–Trinajstić information content (AvgIpc) is 2.42. The monoisotopic (exact) mass is 246 g/mol. The fraction of sp³-hybridized carbons (Fsp3) is 0.625. The lowest BCUT2D eigenvalue weighted by Gasteiger charge is -2.38. The molecule has 0 bridgehead atoms. The normalized spacial score (nSPS) is 23.9. The Bertz CT molecular complexity index is 350. The van der Waals surface area contributed by atoms with Gasteiger partial charge in [-0.3, -0.25) is 0 Å². The molecule has 0 spiro atoms. The van der Waals surface area contributed by atoms with E-state index in [1.165, 1.54) is 36.9 Å². The predicted molar refractivity (Wildman–Crippen MR) is 79.3 cm³/mol. The number of hydrogen-bond donors (Lipinski definition) is 1. The smallest absolute Gasteiger partial charge is 0.0368 e. The van der Waals surface area contributed by atoms with Crippen LogP contribution in [0.3, 0.4) is 0 Å². The van der Waals surface area contributed by atoms with Gasteiger partial charge in [-0.25, -0.2) is 0 Å². The van der Waals surface area contributed by atoms with Crippen LogP contribution in [0.1, 0.15) is 38.2 Å². The van der Waals surface area contributed by atoms with Crippen molar-refractivity contribution in [3.8, 4) is 0 Å². The van der Waals surface area contributed by atoms with Crippen molar-refractivity contribution < 1.29 is 0 Å². The zero-order chi connectivity index (χ0) is 13.0. The van der Waals surface area contributed by atoms with E-state index in [0.29, 0.717) is 0 Å². The molecule has 1 aliphatic rings. The van der Waals surface area contributed by atoms with Crippen molar-refractivity contribution in [3.63, 3.8) is 0 Å². The Hall–Kier alpha value is -1.02. The van der Waals surface area contributed by atoms with Crippen molar-refractivity contribution in [2.45, 2.75) is 51.6 Å². The molecule has 0 aromatic heterocycles. The third kappa shape index (κ3) is 3.05. The Morgan fingerprint density at radius 2 is 1.72 bits per heavy atom. The highest BCUT2D eigenvalue weighted by molar-refractivity contribution is 5.48. The molecule has 1 saturated carbocycles. The molecule has 18 heavy (non-hydrogen) atoms. The third-order valence-corrected chi connectivity index (χ3v) is 4.25. The van der Waals surface area contributed by atoms with Crippen LogP contribution in [0.2, 0.25) is 0 Å². The van der Waals surface area contributed by atoms with Crippen molar-refractivity contribution in [2.24, 2.45) is 0 Å². The van der Waals surface area contributed by atoms with Crippen LogP contribution in [-0.4, -0.2) is 25.7 Å². The minimum Gasteiger partial charge on any atom is -0.369 e. The summed E-state index contributed by atoms with van der Waals surface area (Å²) in [5.41, 5.74) is 2.73. The van der Waals surface area contributed by atoms with E-state index in [0.717, 1.165) is 18.6 Å². The summed E-state index contributed by atoms with van der Waals surface area (Å²) in [7, 11) is 2.09. The number of rotatable bonds is 4. The first kappa shape index (κ1) is 13.4. The van der Waals surface area contributed by atoms with E-state index in [1.54, 1.807) is 0 Å². The third-order valence-electron chi connectivity index (χ3n) is 4.25. The molecule has 0 saturated heterocycles. The highest BCUT2D eigenvalue weighted by Gasteiger charge is 2.24. The van der Waals surface area contributed by atoms with E-state index >= 15 is 0 Å². The molecule has 1 fully saturated rings. The average molecular weight is 246 g/mol. The number of aryl methyl sites for hydroxylation is 1. The fourth-order valence-electron chi connectivity index (χ4n) is 3.06. The van der Waals surface area contributed by atoms with Gasteiger partial charge < -0.3 is 10.2 Å². The standard InChI is InChI=1S/C16H26N2/c1-4-18(15-9-5-13(2)6-10-15)16-11-7-14(17-3)8-12-16/h5-6,9-10,14,16-17H,4,7-8,11-12H2,1-3H3. The summed E-state index contributed by atoms with van der Waals surface area (Å²) >= 11 is 0. The zero-order valence-electron chi connectivity index (χ0n) is 11.9. The molecule has 1 aliphatic carbocycles. The van der Waals surface area contributed by atoms with Crippen LogP contribution in [0.15, 0.2) is 24.3 Å². The second-order valence-electron chi connectivity index (χ2n) is 5.42. The van der Waals surface area contributed by atoms with Crippen molar-refractivity contribution in [2.75, 3.05) is 18.5 Å². The van der Waals surface area contributed by atoms with Crippen molar-refractivity contribution >= 4 is 5.69 Å². The second kappa shape index (κ2) is 6.24. The minimum atomic E-state index is 0.724. The molecule has 1 N–H and O–H groups in total. The summed E-state index contributed by atoms with van der Waals surface area (Å²) in [6, 6.07) is 10.4. The Morgan fingerprint density at radius 3 is 2.22 bits per heavy atom. The first-order valence-electron chi connectivity index (χ1n) is 7.25. The molecule has 1 aromatic carbocycles. The van der Waals surface area contributed by atoms with Gasteiger partial charge in [-0.1, -0.05) is 17.7 Å². The number of nitrogens with zero attached hydrogens (tertiary/aromatic N) is 1. The van der Waals surface area contributed by atoms with Crippen LogP contribution in [0.4, 0.5) is 5.69 Å². The molecular formula is C16H26N2. The molecule has 2 nitrogen and oxygen atoms in total. The van der Waals surface area contributed by atoms with Gasteiger partial charge in [0.05, 0.1) is 0 Å². The van der Waals surface area contributed by atoms with Crippen LogP contribution < -0.4 is 10.2 Å². The van der Waals surface area contributed by atoms with E-state index in [9.17, 15) is 0 Å². The van der Waals surface area contributed by atoms with Crippen LogP contribution in [0.25, 0.3) is 0 Å². The summed E-state index contributed by atoms with van der Waals surface area (Å²) in [4.78, 5) is 2.57. The van der Waals surface area contributed by atoms with Crippen LogP contribution in [-0.2, 0) is 0 Å². The Labute approximate surface area is 111 Å². The molecule has 2 heteroatoms. The Morgan fingerprint density at radius 1 is 1.11 bits per heavy atom.